The van der Waals surface area contributed by atoms with E-state index < -0.39 is 23.5 Å². The van der Waals surface area contributed by atoms with Crippen molar-refractivity contribution in [1.82, 2.24) is 10.2 Å². The van der Waals surface area contributed by atoms with E-state index >= 15 is 4.39 Å². The highest BCUT2D eigenvalue weighted by molar-refractivity contribution is 8.00. The lowest BCUT2D eigenvalue weighted by Gasteiger charge is -2.23. The summed E-state index contributed by atoms with van der Waals surface area (Å²) in [5, 5.41) is 19.9. The van der Waals surface area contributed by atoms with Gasteiger partial charge in [0, 0.05) is 16.9 Å². The third-order valence-electron chi connectivity index (χ3n) is 6.38. The van der Waals surface area contributed by atoms with Gasteiger partial charge in [-0.3, -0.25) is 14.5 Å². The number of aliphatic hydroxyl groups excluding tert-OH is 1. The second-order valence-corrected chi connectivity index (χ2v) is 11.3. The number of hydrogen-bond donors (Lipinski definition) is 1. The molecule has 5 rings (SSSR count). The van der Waals surface area contributed by atoms with Crippen LogP contribution >= 0.6 is 23.1 Å². The Labute approximate surface area is 227 Å². The van der Waals surface area contributed by atoms with E-state index in [1.165, 1.54) is 35.5 Å². The van der Waals surface area contributed by atoms with Crippen LogP contribution in [0.5, 0.6) is 0 Å². The van der Waals surface area contributed by atoms with Crippen molar-refractivity contribution in [2.45, 2.75) is 36.9 Å². The maximum absolute atomic E-state index is 15.1. The predicted molar refractivity (Wildman–Crippen MR) is 148 cm³/mol. The predicted octanol–water partition coefficient (Wildman–Crippen LogP) is 6.52. The number of aromatic nitrogens is 2. The van der Waals surface area contributed by atoms with Gasteiger partial charge in [0.25, 0.3) is 5.78 Å². The molecule has 1 unspecified atom stereocenters. The highest BCUT2D eigenvalue weighted by Crippen LogP contribution is 2.45. The average Bonchev–Trinajstić information content (AvgIpc) is 3.47. The van der Waals surface area contributed by atoms with Crippen LogP contribution in [0.25, 0.3) is 5.76 Å². The number of carbonyl (C=O) groups is 2. The first kappa shape index (κ1) is 25.8. The van der Waals surface area contributed by atoms with Crippen molar-refractivity contribution in [1.29, 1.82) is 0 Å². The van der Waals surface area contributed by atoms with Gasteiger partial charge in [-0.2, -0.15) is 0 Å². The van der Waals surface area contributed by atoms with E-state index in [1.54, 1.807) is 19.1 Å². The Hall–Kier alpha value is -3.82. The summed E-state index contributed by atoms with van der Waals surface area (Å²) >= 11 is 2.60. The molecule has 1 amide bonds. The Morgan fingerprint density at radius 3 is 2.45 bits per heavy atom. The first-order valence-electron chi connectivity index (χ1n) is 11.9. The van der Waals surface area contributed by atoms with Crippen molar-refractivity contribution in [3.8, 4) is 0 Å². The van der Waals surface area contributed by atoms with Crippen molar-refractivity contribution in [3.63, 3.8) is 0 Å². The van der Waals surface area contributed by atoms with Gasteiger partial charge in [-0.15, -0.1) is 10.2 Å². The summed E-state index contributed by atoms with van der Waals surface area (Å²) in [6, 6.07) is 18.3. The van der Waals surface area contributed by atoms with Crippen molar-refractivity contribution in [3.05, 3.63) is 112 Å². The SMILES string of the molecule is Cc1ccc(CSc2nnc(N3C(=O)C(=O)C(=C(O)c4cc(C)ccc4C)C3c3ccccc3F)s2)cc1. The van der Waals surface area contributed by atoms with Gasteiger partial charge >= 0.3 is 5.91 Å². The number of anilines is 1. The van der Waals surface area contributed by atoms with Gasteiger partial charge in [-0.1, -0.05) is 88.8 Å². The number of aliphatic hydroxyl groups is 1. The van der Waals surface area contributed by atoms with Crippen LogP contribution in [0.15, 0.2) is 76.6 Å². The maximum atomic E-state index is 15.1. The number of rotatable bonds is 6. The number of Topliss-reactive ketones (excluding diaryl/α,β-unsaturated/α-hetero) is 1. The fraction of sp³-hybridized carbons (Fsp3) is 0.172. The molecule has 0 bridgehead atoms. The zero-order valence-electron chi connectivity index (χ0n) is 20.9. The Bertz CT molecular complexity index is 1580. The Morgan fingerprint density at radius 2 is 1.71 bits per heavy atom. The number of amides is 1. The fourth-order valence-electron chi connectivity index (χ4n) is 4.34. The van der Waals surface area contributed by atoms with Crippen molar-refractivity contribution >= 4 is 45.7 Å². The van der Waals surface area contributed by atoms with Crippen LogP contribution in [0.3, 0.4) is 0 Å². The van der Waals surface area contributed by atoms with Crippen LogP contribution in [0, 0.1) is 26.6 Å². The molecule has 1 aliphatic heterocycles. The summed E-state index contributed by atoms with van der Waals surface area (Å²) in [5.74, 6) is -2.09. The van der Waals surface area contributed by atoms with E-state index in [1.807, 2.05) is 50.2 Å². The van der Waals surface area contributed by atoms with Crippen LogP contribution in [0.2, 0.25) is 0 Å². The van der Waals surface area contributed by atoms with Crippen LogP contribution in [-0.2, 0) is 15.3 Å². The van der Waals surface area contributed by atoms with Crippen molar-refractivity contribution < 1.29 is 19.1 Å². The summed E-state index contributed by atoms with van der Waals surface area (Å²) in [6.45, 7) is 5.68. The van der Waals surface area contributed by atoms with E-state index in [4.69, 9.17) is 0 Å². The second-order valence-electron chi connectivity index (χ2n) is 9.13. The van der Waals surface area contributed by atoms with Crippen LogP contribution in [-0.4, -0.2) is 27.0 Å². The number of nitrogens with zero attached hydrogens (tertiary/aromatic N) is 3. The minimum absolute atomic E-state index is 0.0858. The molecule has 1 saturated heterocycles. The fourth-order valence-corrected chi connectivity index (χ4v) is 6.17. The molecule has 0 radical (unpaired) electrons. The molecule has 38 heavy (non-hydrogen) atoms. The molecular formula is C29H24FN3O3S2. The molecule has 3 aromatic carbocycles. The summed E-state index contributed by atoms with van der Waals surface area (Å²) in [7, 11) is 0. The normalized spacial score (nSPS) is 16.8. The lowest BCUT2D eigenvalue weighted by molar-refractivity contribution is -0.132. The summed E-state index contributed by atoms with van der Waals surface area (Å²) in [4.78, 5) is 27.9. The molecule has 1 aromatic heterocycles. The molecule has 4 aromatic rings. The molecule has 6 nitrogen and oxygen atoms in total. The minimum Gasteiger partial charge on any atom is -0.507 e. The molecule has 1 aliphatic rings. The van der Waals surface area contributed by atoms with E-state index in [2.05, 4.69) is 10.2 Å². The number of benzene rings is 3. The third-order valence-corrected chi connectivity index (χ3v) is 8.50. The molecule has 9 heteroatoms. The summed E-state index contributed by atoms with van der Waals surface area (Å²) in [5.41, 5.74) is 4.18. The Kier molecular flexibility index (Phi) is 7.14. The molecule has 1 N–H and O–H groups in total. The number of hydrogen-bond acceptors (Lipinski definition) is 7. The average molecular weight is 546 g/mol. The van der Waals surface area contributed by atoms with Crippen LogP contribution in [0.4, 0.5) is 9.52 Å². The quantitative estimate of drug-likeness (QED) is 0.0976. The molecule has 2 heterocycles. The van der Waals surface area contributed by atoms with Gasteiger partial charge in [-0.25, -0.2) is 4.39 Å². The smallest absolute Gasteiger partial charge is 0.301 e. The van der Waals surface area contributed by atoms with Gasteiger partial charge in [-0.05, 0) is 44.0 Å². The number of aryl methyl sites for hydroxylation is 3. The molecule has 1 fully saturated rings. The number of carbonyl (C=O) groups excluding carboxylic acids is 2. The van der Waals surface area contributed by atoms with Crippen LogP contribution in [0.1, 0.15) is 39.4 Å². The zero-order valence-corrected chi connectivity index (χ0v) is 22.6. The third kappa shape index (κ3) is 4.87. The topological polar surface area (TPSA) is 83.4 Å². The van der Waals surface area contributed by atoms with Crippen molar-refractivity contribution in [2.75, 3.05) is 4.90 Å². The van der Waals surface area contributed by atoms with E-state index in [9.17, 15) is 14.7 Å². The van der Waals surface area contributed by atoms with Gasteiger partial charge in [0.15, 0.2) is 4.34 Å². The highest BCUT2D eigenvalue weighted by atomic mass is 32.2. The summed E-state index contributed by atoms with van der Waals surface area (Å²) in [6.07, 6.45) is 0. The lowest BCUT2D eigenvalue weighted by atomic mass is 9.93. The molecule has 1 atom stereocenters. The lowest BCUT2D eigenvalue weighted by Crippen LogP contribution is -2.29. The first-order chi connectivity index (χ1) is 18.2. The maximum Gasteiger partial charge on any atom is 0.301 e. The number of thioether (sulfide) groups is 1. The van der Waals surface area contributed by atoms with Gasteiger partial charge in [0.05, 0.1) is 5.57 Å². The second kappa shape index (κ2) is 10.5. The molecule has 0 aliphatic carbocycles. The highest BCUT2D eigenvalue weighted by Gasteiger charge is 2.49. The zero-order chi connectivity index (χ0) is 27.0. The minimum atomic E-state index is -1.20. The van der Waals surface area contributed by atoms with E-state index in [-0.39, 0.29) is 22.0 Å². The van der Waals surface area contributed by atoms with Gasteiger partial charge in [0.1, 0.15) is 17.6 Å². The van der Waals surface area contributed by atoms with E-state index in [0.717, 1.165) is 32.9 Å². The van der Waals surface area contributed by atoms with Crippen molar-refractivity contribution in [2.24, 2.45) is 0 Å². The number of halogens is 1. The Balaban J connectivity index is 1.57. The van der Waals surface area contributed by atoms with Gasteiger partial charge < -0.3 is 5.11 Å². The molecule has 0 saturated carbocycles. The van der Waals surface area contributed by atoms with Crippen LogP contribution < -0.4 is 4.90 Å². The molecule has 192 valence electrons. The largest absolute Gasteiger partial charge is 0.507 e. The monoisotopic (exact) mass is 545 g/mol. The standard InChI is InChI=1S/C29H24FN3O3S2/c1-16-9-12-19(13-10-16)15-37-29-32-31-28(38-29)33-24(20-6-4-5-7-22(20)30)23(26(35)27(33)36)25(34)21-14-17(2)8-11-18(21)3/h4-14,24,34H,15H2,1-3H3. The van der Waals surface area contributed by atoms with E-state index in [0.29, 0.717) is 15.7 Å². The first-order valence-corrected chi connectivity index (χ1v) is 13.7. The summed E-state index contributed by atoms with van der Waals surface area (Å²) < 4.78 is 15.7. The number of ketones is 1. The molecular weight excluding hydrogens is 521 g/mol. The molecule has 0 spiro atoms. The van der Waals surface area contributed by atoms with Gasteiger partial charge in [0.2, 0.25) is 5.13 Å². The Morgan fingerprint density at radius 1 is 1.00 bits per heavy atom.